The number of pyridine rings is 1. The van der Waals surface area contributed by atoms with Crippen molar-refractivity contribution < 1.29 is 17.7 Å². The molecule has 0 aliphatic heterocycles. The lowest BCUT2D eigenvalue weighted by atomic mass is 10.1. The standard InChI is InChI=1S/C19H20N4O4S/c1-19(2,3)23-28(25,26)15-8-4-7-14(10-15)21-18(24)16-11-17(27-22-16)13-6-5-9-20-12-13/h4-12,23H,1-3H3,(H,21,24). The van der Waals surface area contributed by atoms with Crippen LogP contribution in [0.25, 0.3) is 11.3 Å². The summed E-state index contributed by atoms with van der Waals surface area (Å²) >= 11 is 0. The molecule has 1 amide bonds. The van der Waals surface area contributed by atoms with E-state index in [1.165, 1.54) is 18.2 Å². The molecule has 0 radical (unpaired) electrons. The summed E-state index contributed by atoms with van der Waals surface area (Å²) in [4.78, 5) is 16.5. The van der Waals surface area contributed by atoms with Crippen LogP contribution < -0.4 is 10.0 Å². The van der Waals surface area contributed by atoms with Crippen molar-refractivity contribution in [3.05, 3.63) is 60.6 Å². The van der Waals surface area contributed by atoms with Crippen LogP contribution in [0.4, 0.5) is 5.69 Å². The molecular formula is C19H20N4O4S. The van der Waals surface area contributed by atoms with Crippen LogP contribution >= 0.6 is 0 Å². The molecule has 0 unspecified atom stereocenters. The van der Waals surface area contributed by atoms with Crippen LogP contribution in [-0.4, -0.2) is 30.0 Å². The topological polar surface area (TPSA) is 114 Å². The maximum Gasteiger partial charge on any atom is 0.277 e. The predicted molar refractivity (Wildman–Crippen MR) is 104 cm³/mol. The summed E-state index contributed by atoms with van der Waals surface area (Å²) < 4.78 is 32.7. The number of nitrogens with one attached hydrogen (secondary N) is 2. The average molecular weight is 400 g/mol. The van der Waals surface area contributed by atoms with E-state index in [4.69, 9.17) is 4.52 Å². The number of carbonyl (C=O) groups is 1. The Bertz CT molecular complexity index is 1090. The molecule has 2 aromatic heterocycles. The summed E-state index contributed by atoms with van der Waals surface area (Å²) in [6, 6.07) is 11.0. The highest BCUT2D eigenvalue weighted by atomic mass is 32.2. The maximum atomic E-state index is 12.5. The van der Waals surface area contributed by atoms with Crippen LogP contribution in [0, 0.1) is 0 Å². The van der Waals surface area contributed by atoms with Crippen molar-refractivity contribution in [1.82, 2.24) is 14.9 Å². The molecular weight excluding hydrogens is 380 g/mol. The highest BCUT2D eigenvalue weighted by Crippen LogP contribution is 2.21. The summed E-state index contributed by atoms with van der Waals surface area (Å²) in [6.07, 6.45) is 3.22. The van der Waals surface area contributed by atoms with Crippen molar-refractivity contribution in [3.8, 4) is 11.3 Å². The Morgan fingerprint density at radius 3 is 2.57 bits per heavy atom. The fraction of sp³-hybridized carbons (Fsp3) is 0.211. The van der Waals surface area contributed by atoms with E-state index in [0.717, 1.165) is 0 Å². The van der Waals surface area contributed by atoms with Crippen LogP contribution in [-0.2, 0) is 10.0 Å². The molecule has 2 heterocycles. The quantitative estimate of drug-likeness (QED) is 0.680. The minimum Gasteiger partial charge on any atom is -0.355 e. The molecule has 0 aliphatic carbocycles. The molecule has 0 aliphatic rings. The first-order valence-corrected chi connectivity index (χ1v) is 9.95. The largest absolute Gasteiger partial charge is 0.355 e. The molecule has 0 fully saturated rings. The Kier molecular flexibility index (Phi) is 5.30. The number of benzene rings is 1. The van der Waals surface area contributed by atoms with Gasteiger partial charge in [0.05, 0.1) is 4.90 Å². The van der Waals surface area contributed by atoms with Crippen LogP contribution in [0.15, 0.2) is 64.3 Å². The molecule has 8 nitrogen and oxygen atoms in total. The lowest BCUT2D eigenvalue weighted by Crippen LogP contribution is -2.40. The van der Waals surface area contributed by atoms with Gasteiger partial charge in [-0.15, -0.1) is 0 Å². The summed E-state index contributed by atoms with van der Waals surface area (Å²) in [7, 11) is -3.72. The van der Waals surface area contributed by atoms with Crippen molar-refractivity contribution in [2.45, 2.75) is 31.2 Å². The normalized spacial score (nSPS) is 12.0. The van der Waals surface area contributed by atoms with Gasteiger partial charge in [-0.25, -0.2) is 13.1 Å². The van der Waals surface area contributed by atoms with E-state index in [9.17, 15) is 13.2 Å². The summed E-state index contributed by atoms with van der Waals surface area (Å²) in [5.41, 5.74) is 0.463. The molecule has 3 rings (SSSR count). The van der Waals surface area contributed by atoms with Crippen molar-refractivity contribution in [3.63, 3.8) is 0 Å². The van der Waals surface area contributed by atoms with E-state index in [1.807, 2.05) is 0 Å². The van der Waals surface area contributed by atoms with E-state index < -0.39 is 21.5 Å². The van der Waals surface area contributed by atoms with Crippen LogP contribution in [0.2, 0.25) is 0 Å². The summed E-state index contributed by atoms with van der Waals surface area (Å²) in [6.45, 7) is 5.25. The van der Waals surface area contributed by atoms with E-state index in [-0.39, 0.29) is 10.6 Å². The van der Waals surface area contributed by atoms with Crippen molar-refractivity contribution in [1.29, 1.82) is 0 Å². The predicted octanol–water partition coefficient (Wildman–Crippen LogP) is 3.07. The second-order valence-electron chi connectivity index (χ2n) is 7.16. The molecule has 0 bridgehead atoms. The number of amides is 1. The van der Waals surface area contributed by atoms with Crippen LogP contribution in [0.5, 0.6) is 0 Å². The summed E-state index contributed by atoms with van der Waals surface area (Å²) in [5.74, 6) is -0.110. The molecule has 0 saturated heterocycles. The molecule has 3 aromatic rings. The molecule has 28 heavy (non-hydrogen) atoms. The lowest BCUT2D eigenvalue weighted by molar-refractivity contribution is 0.101. The van der Waals surface area contributed by atoms with Gasteiger partial charge in [0.2, 0.25) is 10.0 Å². The highest BCUT2D eigenvalue weighted by molar-refractivity contribution is 7.89. The first-order valence-electron chi connectivity index (χ1n) is 8.47. The number of carbonyl (C=O) groups excluding carboxylic acids is 1. The Morgan fingerprint density at radius 1 is 1.11 bits per heavy atom. The van der Waals surface area contributed by atoms with E-state index >= 15 is 0 Å². The van der Waals surface area contributed by atoms with E-state index in [0.29, 0.717) is 17.0 Å². The third kappa shape index (κ3) is 4.81. The van der Waals surface area contributed by atoms with Crippen molar-refractivity contribution in [2.24, 2.45) is 0 Å². The Morgan fingerprint density at radius 2 is 1.89 bits per heavy atom. The van der Waals surface area contributed by atoms with E-state index in [2.05, 4.69) is 20.2 Å². The van der Waals surface area contributed by atoms with Gasteiger partial charge in [0, 0.05) is 35.2 Å². The minimum absolute atomic E-state index is 0.0522. The van der Waals surface area contributed by atoms with Gasteiger partial charge < -0.3 is 9.84 Å². The SMILES string of the molecule is CC(C)(C)NS(=O)(=O)c1cccc(NC(=O)c2cc(-c3cccnc3)on2)c1. The van der Waals surface area contributed by atoms with Crippen LogP contribution in [0.1, 0.15) is 31.3 Å². The second kappa shape index (κ2) is 7.53. The third-order valence-corrected chi connectivity index (χ3v) is 5.29. The number of aromatic nitrogens is 2. The lowest BCUT2D eigenvalue weighted by Gasteiger charge is -2.20. The molecule has 9 heteroatoms. The monoisotopic (exact) mass is 400 g/mol. The zero-order valence-corrected chi connectivity index (χ0v) is 16.4. The van der Waals surface area contributed by atoms with Gasteiger partial charge in [-0.2, -0.15) is 0 Å². The number of sulfonamides is 1. The molecule has 0 atom stereocenters. The van der Waals surface area contributed by atoms with Gasteiger partial charge in [-0.1, -0.05) is 11.2 Å². The highest BCUT2D eigenvalue weighted by Gasteiger charge is 2.22. The zero-order valence-electron chi connectivity index (χ0n) is 15.6. The Hall–Kier alpha value is -3.04. The van der Waals surface area contributed by atoms with E-state index in [1.54, 1.807) is 57.4 Å². The molecule has 146 valence electrons. The fourth-order valence-corrected chi connectivity index (χ4v) is 3.89. The van der Waals surface area contributed by atoms with Gasteiger partial charge in [-0.3, -0.25) is 9.78 Å². The molecule has 0 spiro atoms. The molecule has 1 aromatic carbocycles. The average Bonchev–Trinajstić information content (AvgIpc) is 3.11. The number of rotatable bonds is 5. The summed E-state index contributed by atoms with van der Waals surface area (Å²) in [5, 5.41) is 6.39. The first kappa shape index (κ1) is 19.7. The van der Waals surface area contributed by atoms with Gasteiger partial charge in [0.1, 0.15) is 0 Å². The van der Waals surface area contributed by atoms with Gasteiger partial charge in [0.15, 0.2) is 11.5 Å². The first-order chi connectivity index (χ1) is 13.1. The van der Waals surface area contributed by atoms with Gasteiger partial charge in [-0.05, 0) is 51.1 Å². The van der Waals surface area contributed by atoms with Crippen LogP contribution in [0.3, 0.4) is 0 Å². The third-order valence-electron chi connectivity index (χ3n) is 3.53. The Labute approximate surface area is 163 Å². The number of anilines is 1. The number of hydrogen-bond donors (Lipinski definition) is 2. The Balaban J connectivity index is 1.78. The maximum absolute atomic E-state index is 12.5. The minimum atomic E-state index is -3.72. The number of nitrogens with zero attached hydrogens (tertiary/aromatic N) is 2. The van der Waals surface area contributed by atoms with Crippen molar-refractivity contribution >= 4 is 21.6 Å². The van der Waals surface area contributed by atoms with Crippen molar-refractivity contribution in [2.75, 3.05) is 5.32 Å². The smallest absolute Gasteiger partial charge is 0.277 e. The second-order valence-corrected chi connectivity index (χ2v) is 8.84. The fourth-order valence-electron chi connectivity index (χ4n) is 2.42. The van der Waals surface area contributed by atoms with Gasteiger partial charge in [0.25, 0.3) is 5.91 Å². The zero-order chi connectivity index (χ0) is 20.4. The molecule has 2 N–H and O–H groups in total. The molecule has 0 saturated carbocycles. The van der Waals surface area contributed by atoms with Gasteiger partial charge >= 0.3 is 0 Å². The number of hydrogen-bond acceptors (Lipinski definition) is 6.